The quantitative estimate of drug-likeness (QED) is 0.195. The van der Waals surface area contributed by atoms with E-state index < -0.39 is 45.9 Å². The predicted molar refractivity (Wildman–Crippen MR) is 152 cm³/mol. The van der Waals surface area contributed by atoms with Crippen LogP contribution in [0, 0.1) is 0 Å². The zero-order valence-electron chi connectivity index (χ0n) is 21.5. The van der Waals surface area contributed by atoms with Crippen LogP contribution in [0.2, 0.25) is 0 Å². The van der Waals surface area contributed by atoms with Crippen molar-refractivity contribution >= 4 is 50.1 Å². The van der Waals surface area contributed by atoms with Gasteiger partial charge in [-0.3, -0.25) is 14.4 Å². The molecule has 1 aliphatic rings. The summed E-state index contributed by atoms with van der Waals surface area (Å²) in [4.78, 5) is 49.4. The molecule has 0 saturated carbocycles. The minimum Gasteiger partial charge on any atom is -0.465 e. The third-order valence-electron chi connectivity index (χ3n) is 6.21. The number of carbonyl (C=O) groups excluding carboxylic acids is 3. The fourth-order valence-corrected chi connectivity index (χ4v) is 5.36. The van der Waals surface area contributed by atoms with Crippen molar-refractivity contribution in [3.8, 4) is 0 Å². The molecule has 0 radical (unpaired) electrons. The van der Waals surface area contributed by atoms with Crippen molar-refractivity contribution in [3.05, 3.63) is 102 Å². The lowest BCUT2D eigenvalue weighted by atomic mass is 10.0. The van der Waals surface area contributed by atoms with Crippen LogP contribution in [0.4, 0.5) is 16.2 Å². The highest BCUT2D eigenvalue weighted by Gasteiger charge is 2.30. The van der Waals surface area contributed by atoms with Gasteiger partial charge in [0.25, 0.3) is 15.9 Å². The van der Waals surface area contributed by atoms with Crippen LogP contribution in [0.3, 0.4) is 0 Å². The lowest BCUT2D eigenvalue weighted by Crippen LogP contribution is -2.53. The lowest BCUT2D eigenvalue weighted by molar-refractivity contribution is -0.127. The van der Waals surface area contributed by atoms with Crippen LogP contribution in [0.1, 0.15) is 16.7 Å². The summed E-state index contributed by atoms with van der Waals surface area (Å²) in [7, 11) is -3.96. The molecule has 1 heterocycles. The SMILES string of the molecule is Nc1ccccc1NC(=O)[C@H](Cc1ccc(C2=CC(=O)NS2(=O)=O)cc1)NC(=O)[C@H](Cc1ccccc1)NC(=O)O. The number of benzene rings is 3. The van der Waals surface area contributed by atoms with Gasteiger partial charge in [-0.05, 0) is 28.8 Å². The van der Waals surface area contributed by atoms with E-state index in [0.717, 1.165) is 6.08 Å². The standard InChI is InChI=1S/C28H27N5O7S/c29-20-8-4-5-9-21(20)30-26(35)22(31-27(36)23(32-28(37)38)14-17-6-2-1-3-7-17)15-18-10-12-19(13-11-18)24-16-25(34)33-41(24,39)40/h1-13,16,22-23,32H,14-15,29H2,(H,30,35)(H,31,36)(H,33,34)(H,37,38)/t22-,23-/m0/s1. The maximum Gasteiger partial charge on any atom is 0.405 e. The maximum absolute atomic E-state index is 13.4. The van der Waals surface area contributed by atoms with Crippen LogP contribution in [0.25, 0.3) is 4.91 Å². The highest BCUT2D eigenvalue weighted by molar-refractivity contribution is 7.99. The molecule has 0 aromatic heterocycles. The van der Waals surface area contributed by atoms with Gasteiger partial charge in [0, 0.05) is 18.9 Å². The second-order valence-corrected chi connectivity index (χ2v) is 10.9. The number of para-hydroxylation sites is 2. The monoisotopic (exact) mass is 577 g/mol. The molecule has 3 aromatic rings. The van der Waals surface area contributed by atoms with E-state index in [1.807, 2.05) is 4.72 Å². The molecule has 4 rings (SSSR count). The number of nitrogens with two attached hydrogens (primary N) is 1. The van der Waals surface area contributed by atoms with Gasteiger partial charge in [-0.15, -0.1) is 0 Å². The van der Waals surface area contributed by atoms with Crippen molar-refractivity contribution in [2.24, 2.45) is 0 Å². The average molecular weight is 578 g/mol. The molecule has 0 unspecified atom stereocenters. The van der Waals surface area contributed by atoms with Gasteiger partial charge >= 0.3 is 6.09 Å². The third kappa shape index (κ3) is 7.48. The normalized spacial score (nSPS) is 15.1. The smallest absolute Gasteiger partial charge is 0.405 e. The molecular weight excluding hydrogens is 550 g/mol. The van der Waals surface area contributed by atoms with E-state index in [2.05, 4.69) is 16.0 Å². The van der Waals surface area contributed by atoms with Gasteiger partial charge in [0.15, 0.2) is 0 Å². The first-order chi connectivity index (χ1) is 19.5. The Hall–Kier alpha value is -5.17. The molecule has 0 bridgehead atoms. The Labute approximate surface area is 235 Å². The van der Waals surface area contributed by atoms with Gasteiger partial charge < -0.3 is 26.8 Å². The number of sulfonamides is 1. The molecule has 0 spiro atoms. The summed E-state index contributed by atoms with van der Waals surface area (Å²) in [6, 6.07) is 19.1. The van der Waals surface area contributed by atoms with Gasteiger partial charge in [0.05, 0.1) is 11.4 Å². The topological polar surface area (TPSA) is 197 Å². The van der Waals surface area contributed by atoms with Gasteiger partial charge in [0.1, 0.15) is 17.0 Å². The minimum atomic E-state index is -3.96. The highest BCUT2D eigenvalue weighted by Crippen LogP contribution is 2.25. The molecule has 13 heteroatoms. The van der Waals surface area contributed by atoms with Crippen molar-refractivity contribution in [2.75, 3.05) is 11.1 Å². The second kappa shape index (κ2) is 12.3. The summed E-state index contributed by atoms with van der Waals surface area (Å²) in [5, 5.41) is 16.9. The fourth-order valence-electron chi connectivity index (χ4n) is 4.21. The van der Waals surface area contributed by atoms with E-state index >= 15 is 0 Å². The van der Waals surface area contributed by atoms with Crippen LogP contribution in [-0.4, -0.2) is 49.4 Å². The van der Waals surface area contributed by atoms with E-state index in [-0.39, 0.29) is 23.3 Å². The van der Waals surface area contributed by atoms with E-state index in [1.54, 1.807) is 66.7 Å². The van der Waals surface area contributed by atoms with Crippen LogP contribution in [-0.2, 0) is 37.2 Å². The summed E-state index contributed by atoms with van der Waals surface area (Å²) in [5.74, 6) is -2.07. The largest absolute Gasteiger partial charge is 0.465 e. The fraction of sp³-hybridized carbons (Fsp3) is 0.143. The van der Waals surface area contributed by atoms with E-state index in [0.29, 0.717) is 22.5 Å². The Morgan fingerprint density at radius 1 is 0.805 bits per heavy atom. The Bertz CT molecular complexity index is 1610. The number of nitrogens with one attached hydrogen (secondary N) is 4. The first-order valence-electron chi connectivity index (χ1n) is 12.4. The van der Waals surface area contributed by atoms with Crippen molar-refractivity contribution in [1.29, 1.82) is 0 Å². The van der Waals surface area contributed by atoms with Crippen molar-refractivity contribution < 1.29 is 32.7 Å². The lowest BCUT2D eigenvalue weighted by Gasteiger charge is -2.23. The van der Waals surface area contributed by atoms with Gasteiger partial charge in [0.2, 0.25) is 11.8 Å². The molecule has 3 aromatic carbocycles. The maximum atomic E-state index is 13.4. The number of anilines is 2. The van der Waals surface area contributed by atoms with Gasteiger partial charge in [-0.2, -0.15) is 0 Å². The average Bonchev–Trinajstić information content (AvgIpc) is 3.21. The van der Waals surface area contributed by atoms with E-state index in [4.69, 9.17) is 5.73 Å². The number of rotatable bonds is 10. The summed E-state index contributed by atoms with van der Waals surface area (Å²) >= 11 is 0. The molecule has 41 heavy (non-hydrogen) atoms. The third-order valence-corrected chi connectivity index (χ3v) is 7.62. The predicted octanol–water partition coefficient (Wildman–Crippen LogP) is 1.61. The molecule has 0 aliphatic carbocycles. The van der Waals surface area contributed by atoms with Crippen molar-refractivity contribution in [3.63, 3.8) is 0 Å². The zero-order valence-corrected chi connectivity index (χ0v) is 22.4. The van der Waals surface area contributed by atoms with Crippen LogP contribution < -0.4 is 26.4 Å². The zero-order chi connectivity index (χ0) is 29.6. The molecule has 4 amide bonds. The molecule has 0 fully saturated rings. The molecule has 0 saturated heterocycles. The summed E-state index contributed by atoms with van der Waals surface area (Å²) < 4.78 is 26.2. The summed E-state index contributed by atoms with van der Waals surface area (Å²) in [5.41, 5.74) is 8.12. The van der Waals surface area contributed by atoms with Crippen molar-refractivity contribution in [1.82, 2.24) is 15.4 Å². The minimum absolute atomic E-state index is 0.0291. The Morgan fingerprint density at radius 3 is 1.98 bits per heavy atom. The number of nitrogen functional groups attached to an aromatic ring is 1. The van der Waals surface area contributed by atoms with E-state index in [9.17, 15) is 32.7 Å². The molecule has 212 valence electrons. The molecule has 2 atom stereocenters. The first-order valence-corrected chi connectivity index (χ1v) is 13.9. The Balaban J connectivity index is 1.58. The Morgan fingerprint density at radius 2 is 1.39 bits per heavy atom. The summed E-state index contributed by atoms with van der Waals surface area (Å²) in [6.45, 7) is 0. The number of hydrogen-bond donors (Lipinski definition) is 6. The molecular formula is C28H27N5O7S. The molecule has 1 aliphatic heterocycles. The van der Waals surface area contributed by atoms with Gasteiger partial charge in [-0.25, -0.2) is 17.9 Å². The Kier molecular flexibility index (Phi) is 8.68. The molecule has 12 nitrogen and oxygen atoms in total. The molecule has 7 N–H and O–H groups in total. The highest BCUT2D eigenvalue weighted by atomic mass is 32.2. The van der Waals surface area contributed by atoms with E-state index in [1.165, 1.54) is 12.1 Å². The van der Waals surface area contributed by atoms with Crippen LogP contribution in [0.5, 0.6) is 0 Å². The second-order valence-electron chi connectivity index (χ2n) is 9.21. The van der Waals surface area contributed by atoms with Gasteiger partial charge in [-0.1, -0.05) is 66.7 Å². The number of amides is 4. The number of carboxylic acid groups (broad SMARTS) is 1. The van der Waals surface area contributed by atoms with Crippen LogP contribution in [0.15, 0.2) is 84.9 Å². The number of carbonyl (C=O) groups is 4. The first kappa shape index (κ1) is 28.8. The van der Waals surface area contributed by atoms with Crippen LogP contribution >= 0.6 is 0 Å². The number of hydrogen-bond acceptors (Lipinski definition) is 7. The van der Waals surface area contributed by atoms with Crippen molar-refractivity contribution in [2.45, 2.75) is 24.9 Å². The summed E-state index contributed by atoms with van der Waals surface area (Å²) in [6.07, 6.45) is -0.408.